The zero-order valence-corrected chi connectivity index (χ0v) is 18.6. The van der Waals surface area contributed by atoms with Crippen molar-refractivity contribution in [2.75, 3.05) is 17.2 Å². The molecule has 3 rings (SSSR count). The highest BCUT2D eigenvalue weighted by Crippen LogP contribution is 2.40. The number of halogens is 1. The fraction of sp³-hybridized carbons (Fsp3) is 0.368. The number of hydrogen-bond donors (Lipinski definition) is 2. The third-order valence-electron chi connectivity index (χ3n) is 4.10. The summed E-state index contributed by atoms with van der Waals surface area (Å²) in [7, 11) is 0. The van der Waals surface area contributed by atoms with Crippen LogP contribution in [0.2, 0.25) is 0 Å². The van der Waals surface area contributed by atoms with Crippen molar-refractivity contribution in [1.82, 2.24) is 0 Å². The van der Waals surface area contributed by atoms with Crippen molar-refractivity contribution in [3.63, 3.8) is 0 Å². The van der Waals surface area contributed by atoms with Gasteiger partial charge in [0, 0.05) is 21.5 Å². The molecule has 0 aliphatic carbocycles. The first kappa shape index (κ1) is 20.3. The maximum absolute atomic E-state index is 12.6. The minimum atomic E-state index is -0.332. The predicted octanol–water partition coefficient (Wildman–Crippen LogP) is 5.35. The van der Waals surface area contributed by atoms with Crippen LogP contribution in [0.5, 0.6) is 0 Å². The topological polar surface area (TPSA) is 59.6 Å². The average molecular weight is 469 g/mol. The molecule has 0 radical (unpaired) electrons. The Hall–Kier alpha value is -1.48. The first-order chi connectivity index (χ1) is 12.8. The first-order valence-electron chi connectivity index (χ1n) is 8.58. The van der Waals surface area contributed by atoms with Gasteiger partial charge in [0.05, 0.1) is 24.4 Å². The van der Waals surface area contributed by atoms with Gasteiger partial charge in [-0.3, -0.25) is 0 Å². The summed E-state index contributed by atoms with van der Waals surface area (Å²) in [6.07, 6.45) is 0.654. The number of anilines is 2. The molecule has 1 aromatic carbocycles. The van der Waals surface area contributed by atoms with Crippen LogP contribution in [0.3, 0.4) is 0 Å². The van der Waals surface area contributed by atoms with Crippen LogP contribution in [0, 0.1) is 0 Å². The van der Waals surface area contributed by atoms with Crippen molar-refractivity contribution in [3.05, 3.63) is 44.7 Å². The Balaban J connectivity index is 1.85. The van der Waals surface area contributed by atoms with Gasteiger partial charge in [-0.1, -0.05) is 15.9 Å². The van der Waals surface area contributed by atoms with E-state index in [0.717, 1.165) is 20.6 Å². The van der Waals surface area contributed by atoms with E-state index in [4.69, 9.17) is 21.7 Å². The number of hydrogen-bond acceptors (Lipinski definition) is 5. The molecule has 0 saturated carbocycles. The summed E-state index contributed by atoms with van der Waals surface area (Å²) < 4.78 is 12.2. The number of thiocarbonyl (C=S) groups is 1. The largest absolute Gasteiger partial charge is 0.462 e. The number of nitrogens with one attached hydrogen (secondary N) is 2. The molecule has 0 amide bonds. The molecule has 0 saturated heterocycles. The molecule has 8 heteroatoms. The minimum Gasteiger partial charge on any atom is -0.462 e. The van der Waals surface area contributed by atoms with E-state index in [1.807, 2.05) is 38.1 Å². The van der Waals surface area contributed by atoms with Crippen LogP contribution in [0.4, 0.5) is 10.7 Å². The van der Waals surface area contributed by atoms with Crippen LogP contribution in [-0.4, -0.2) is 23.3 Å². The number of fused-ring (bicyclic) bond motifs is 1. The standard InChI is InChI=1S/C19H21BrN2O3S2/c1-4-24-17(23)15-13-9-19(2,3)25-10-14(13)27-16(15)22-18(26)21-12-7-5-11(20)6-8-12/h5-8H,4,9-10H2,1-3H3,(H2,21,22,26). The van der Waals surface area contributed by atoms with Gasteiger partial charge in [0.15, 0.2) is 5.11 Å². The molecule has 144 valence electrons. The molecule has 5 nitrogen and oxygen atoms in total. The second-order valence-corrected chi connectivity index (χ2v) is 9.17. The number of esters is 1. The lowest BCUT2D eigenvalue weighted by atomic mass is 9.93. The van der Waals surface area contributed by atoms with Gasteiger partial charge in [-0.25, -0.2) is 4.79 Å². The van der Waals surface area contributed by atoms with Gasteiger partial charge in [-0.2, -0.15) is 0 Å². The molecule has 0 atom stereocenters. The maximum atomic E-state index is 12.6. The van der Waals surface area contributed by atoms with E-state index < -0.39 is 0 Å². The predicted molar refractivity (Wildman–Crippen MR) is 117 cm³/mol. The number of rotatable bonds is 4. The summed E-state index contributed by atoms with van der Waals surface area (Å²) in [5.41, 5.74) is 2.10. The fourth-order valence-corrected chi connectivity index (χ4v) is 4.53. The van der Waals surface area contributed by atoms with Crippen LogP contribution in [0.15, 0.2) is 28.7 Å². The van der Waals surface area contributed by atoms with Gasteiger partial charge in [-0.15, -0.1) is 11.3 Å². The summed E-state index contributed by atoms with van der Waals surface area (Å²) in [5.74, 6) is -0.332. The molecule has 2 aromatic rings. The SMILES string of the molecule is CCOC(=O)c1c(NC(=S)Nc2ccc(Br)cc2)sc2c1CC(C)(C)OC2. The lowest BCUT2D eigenvalue weighted by molar-refractivity contribution is -0.0384. The van der Waals surface area contributed by atoms with Crippen molar-refractivity contribution in [2.24, 2.45) is 0 Å². The van der Waals surface area contributed by atoms with Gasteiger partial charge in [0.2, 0.25) is 0 Å². The Morgan fingerprint density at radius 2 is 2.04 bits per heavy atom. The molecule has 0 bridgehead atoms. The van der Waals surface area contributed by atoms with Crippen molar-refractivity contribution < 1.29 is 14.3 Å². The third kappa shape index (κ3) is 4.87. The number of thiophene rings is 1. The van der Waals surface area contributed by atoms with E-state index in [1.165, 1.54) is 11.3 Å². The van der Waals surface area contributed by atoms with E-state index in [-0.39, 0.29) is 11.6 Å². The molecule has 0 spiro atoms. The monoisotopic (exact) mass is 468 g/mol. The highest BCUT2D eigenvalue weighted by molar-refractivity contribution is 9.10. The third-order valence-corrected chi connectivity index (χ3v) is 5.95. The van der Waals surface area contributed by atoms with Gasteiger partial charge in [0.25, 0.3) is 0 Å². The Morgan fingerprint density at radius 3 is 2.70 bits per heavy atom. The summed E-state index contributed by atoms with van der Waals surface area (Å²) in [6.45, 7) is 6.65. The molecule has 1 aliphatic rings. The Bertz CT molecular complexity index is 863. The zero-order valence-electron chi connectivity index (χ0n) is 15.3. The Morgan fingerprint density at radius 1 is 1.33 bits per heavy atom. The number of benzene rings is 1. The van der Waals surface area contributed by atoms with Crippen molar-refractivity contribution >= 4 is 61.3 Å². The van der Waals surface area contributed by atoms with E-state index in [2.05, 4.69) is 26.6 Å². The van der Waals surface area contributed by atoms with E-state index in [0.29, 0.717) is 35.3 Å². The Kier molecular flexibility index (Phi) is 6.20. The van der Waals surface area contributed by atoms with Crippen molar-refractivity contribution in [1.29, 1.82) is 0 Å². The van der Waals surface area contributed by atoms with Gasteiger partial charge in [-0.05, 0) is 62.8 Å². The highest BCUT2D eigenvalue weighted by Gasteiger charge is 2.34. The second-order valence-electron chi connectivity index (χ2n) is 6.74. The van der Waals surface area contributed by atoms with E-state index in [9.17, 15) is 4.79 Å². The smallest absolute Gasteiger partial charge is 0.341 e. The van der Waals surface area contributed by atoms with Crippen molar-refractivity contribution in [3.8, 4) is 0 Å². The van der Waals surface area contributed by atoms with Crippen LogP contribution in [0.1, 0.15) is 41.6 Å². The summed E-state index contributed by atoms with van der Waals surface area (Å²) in [5, 5.41) is 7.41. The molecule has 27 heavy (non-hydrogen) atoms. The number of ether oxygens (including phenoxy) is 2. The Labute approximate surface area is 176 Å². The fourth-order valence-electron chi connectivity index (χ4n) is 2.86. The number of carbonyl (C=O) groups excluding carboxylic acids is 1. The normalized spacial score (nSPS) is 15.0. The van der Waals surface area contributed by atoms with Gasteiger partial charge >= 0.3 is 5.97 Å². The quantitative estimate of drug-likeness (QED) is 0.465. The summed E-state index contributed by atoms with van der Waals surface area (Å²) in [4.78, 5) is 13.7. The molecule has 1 aliphatic heterocycles. The lowest BCUT2D eigenvalue weighted by Gasteiger charge is -2.30. The van der Waals surface area contributed by atoms with Gasteiger partial charge < -0.3 is 20.1 Å². The maximum Gasteiger partial charge on any atom is 0.341 e. The summed E-state index contributed by atoms with van der Waals surface area (Å²) >= 11 is 10.3. The average Bonchev–Trinajstić information content (AvgIpc) is 2.93. The molecule has 0 fully saturated rings. The van der Waals surface area contributed by atoms with Crippen LogP contribution in [0.25, 0.3) is 0 Å². The van der Waals surface area contributed by atoms with Crippen molar-refractivity contribution in [2.45, 2.75) is 39.4 Å². The molecular formula is C19H21BrN2O3S2. The van der Waals surface area contributed by atoms with E-state index >= 15 is 0 Å². The second kappa shape index (κ2) is 8.26. The number of carbonyl (C=O) groups is 1. The van der Waals surface area contributed by atoms with Crippen LogP contribution >= 0.6 is 39.5 Å². The highest BCUT2D eigenvalue weighted by atomic mass is 79.9. The molecule has 0 unspecified atom stereocenters. The lowest BCUT2D eigenvalue weighted by Crippen LogP contribution is -2.32. The molecule has 2 N–H and O–H groups in total. The van der Waals surface area contributed by atoms with Crippen LogP contribution in [-0.2, 0) is 22.5 Å². The van der Waals surface area contributed by atoms with Gasteiger partial charge in [0.1, 0.15) is 5.00 Å². The molecule has 1 aromatic heterocycles. The first-order valence-corrected chi connectivity index (χ1v) is 10.6. The van der Waals surface area contributed by atoms with Crippen LogP contribution < -0.4 is 10.6 Å². The van der Waals surface area contributed by atoms with E-state index in [1.54, 1.807) is 6.92 Å². The molecular weight excluding hydrogens is 448 g/mol. The summed E-state index contributed by atoms with van der Waals surface area (Å²) in [6, 6.07) is 7.69. The molecule has 2 heterocycles. The zero-order chi connectivity index (χ0) is 19.6. The minimum absolute atomic E-state index is 0.317.